The van der Waals surface area contributed by atoms with Crippen molar-refractivity contribution in [2.24, 2.45) is 11.7 Å². The molecule has 2 aliphatic rings. The Balaban J connectivity index is 1.96. The summed E-state index contributed by atoms with van der Waals surface area (Å²) in [6.07, 6.45) is 1.45. The number of fused-ring (bicyclic) bond motifs is 1. The van der Waals surface area contributed by atoms with E-state index in [1.54, 1.807) is 6.92 Å². The number of alkyl halides is 2. The Kier molecular flexibility index (Phi) is 4.10. The van der Waals surface area contributed by atoms with Gasteiger partial charge in [0, 0.05) is 23.7 Å². The van der Waals surface area contributed by atoms with Crippen LogP contribution in [0, 0.1) is 18.7 Å². The highest BCUT2D eigenvalue weighted by molar-refractivity contribution is 5.87. The van der Waals surface area contributed by atoms with E-state index in [2.05, 4.69) is 0 Å². The molecule has 158 valence electrons. The highest BCUT2D eigenvalue weighted by Gasteiger charge is 2.54. The Bertz CT molecular complexity index is 1130. The Morgan fingerprint density at radius 2 is 1.86 bits per heavy atom. The number of aryl methyl sites for hydroxylation is 1. The van der Waals surface area contributed by atoms with Crippen LogP contribution in [0.1, 0.15) is 38.3 Å². The SMILES string of the molecule is Cc1c(N2CC(C(C)(C)N)C(F)(F)C2)c(F)cc2c(=O)n(N)c(=O)n(C3CC3)c12. The third-order valence-electron chi connectivity index (χ3n) is 6.01. The van der Waals surface area contributed by atoms with Crippen LogP contribution >= 0.6 is 0 Å². The van der Waals surface area contributed by atoms with Crippen LogP contribution < -0.4 is 27.7 Å². The maximum Gasteiger partial charge on any atom is 0.350 e. The Labute approximate surface area is 164 Å². The van der Waals surface area contributed by atoms with Crippen LogP contribution in [-0.2, 0) is 0 Å². The van der Waals surface area contributed by atoms with E-state index in [0.29, 0.717) is 4.68 Å². The van der Waals surface area contributed by atoms with Gasteiger partial charge in [0.25, 0.3) is 11.5 Å². The first-order valence-corrected chi connectivity index (χ1v) is 9.51. The summed E-state index contributed by atoms with van der Waals surface area (Å²) in [5.41, 5.74) is 3.76. The van der Waals surface area contributed by atoms with Crippen LogP contribution in [0.25, 0.3) is 10.9 Å². The molecular formula is C19H24F3N5O2. The number of hydrogen-bond donors (Lipinski definition) is 2. The molecule has 1 atom stereocenters. The van der Waals surface area contributed by atoms with E-state index in [4.69, 9.17) is 11.6 Å². The highest BCUT2D eigenvalue weighted by Crippen LogP contribution is 2.44. The van der Waals surface area contributed by atoms with Crippen LogP contribution in [0.4, 0.5) is 18.9 Å². The van der Waals surface area contributed by atoms with Crippen LogP contribution in [0.2, 0.25) is 0 Å². The van der Waals surface area contributed by atoms with Gasteiger partial charge in [-0.25, -0.2) is 18.0 Å². The molecular weight excluding hydrogens is 387 g/mol. The molecule has 0 radical (unpaired) electrons. The van der Waals surface area contributed by atoms with Gasteiger partial charge in [-0.15, -0.1) is 0 Å². The largest absolute Gasteiger partial charge is 0.362 e. The summed E-state index contributed by atoms with van der Waals surface area (Å²) < 4.78 is 46.2. The first-order chi connectivity index (χ1) is 13.3. The quantitative estimate of drug-likeness (QED) is 0.746. The average Bonchev–Trinajstić information content (AvgIpc) is 3.36. The molecule has 2 heterocycles. The molecule has 1 aromatic heterocycles. The Hall–Kier alpha value is -2.49. The molecule has 1 aromatic carbocycles. The van der Waals surface area contributed by atoms with E-state index in [-0.39, 0.29) is 34.7 Å². The van der Waals surface area contributed by atoms with Crippen LogP contribution in [0.5, 0.6) is 0 Å². The summed E-state index contributed by atoms with van der Waals surface area (Å²) in [6.45, 7) is 3.75. The number of benzene rings is 1. The molecule has 1 saturated heterocycles. The zero-order valence-electron chi connectivity index (χ0n) is 16.5. The van der Waals surface area contributed by atoms with Gasteiger partial charge >= 0.3 is 5.69 Å². The van der Waals surface area contributed by atoms with Crippen molar-refractivity contribution in [2.75, 3.05) is 23.8 Å². The second kappa shape index (κ2) is 6.01. The monoisotopic (exact) mass is 411 g/mol. The zero-order chi connectivity index (χ0) is 21.5. The zero-order valence-corrected chi connectivity index (χ0v) is 16.5. The molecule has 4 N–H and O–H groups in total. The number of hydrogen-bond acceptors (Lipinski definition) is 5. The van der Waals surface area contributed by atoms with Gasteiger partial charge in [0.1, 0.15) is 5.82 Å². The van der Waals surface area contributed by atoms with Gasteiger partial charge in [-0.1, -0.05) is 0 Å². The number of anilines is 1. The molecule has 1 aliphatic carbocycles. The summed E-state index contributed by atoms with van der Waals surface area (Å²) in [5, 5.41) is -0.0422. The summed E-state index contributed by atoms with van der Waals surface area (Å²) in [7, 11) is 0. The molecule has 10 heteroatoms. The van der Waals surface area contributed by atoms with Gasteiger partial charge in [0.05, 0.1) is 29.1 Å². The van der Waals surface area contributed by atoms with Crippen LogP contribution in [-0.4, -0.2) is 33.8 Å². The second-order valence-corrected chi connectivity index (χ2v) is 8.80. The molecule has 0 bridgehead atoms. The van der Waals surface area contributed by atoms with E-state index in [1.807, 2.05) is 0 Å². The number of nitrogen functional groups attached to an aromatic ring is 1. The third kappa shape index (κ3) is 2.92. The van der Waals surface area contributed by atoms with Gasteiger partial charge in [-0.3, -0.25) is 9.36 Å². The molecule has 4 rings (SSSR count). The summed E-state index contributed by atoms with van der Waals surface area (Å²) >= 11 is 0. The van der Waals surface area contributed by atoms with Crippen molar-refractivity contribution in [3.05, 3.63) is 38.3 Å². The predicted octanol–water partition coefficient (Wildman–Crippen LogP) is 1.47. The molecule has 2 fully saturated rings. The van der Waals surface area contributed by atoms with Crippen molar-refractivity contribution in [1.29, 1.82) is 0 Å². The molecule has 0 amide bonds. The Morgan fingerprint density at radius 1 is 1.24 bits per heavy atom. The van der Waals surface area contributed by atoms with Crippen molar-refractivity contribution in [1.82, 2.24) is 9.24 Å². The number of aromatic nitrogens is 2. The van der Waals surface area contributed by atoms with E-state index in [0.717, 1.165) is 18.9 Å². The fourth-order valence-corrected chi connectivity index (χ4v) is 4.45. The predicted molar refractivity (Wildman–Crippen MR) is 105 cm³/mol. The fraction of sp³-hybridized carbons (Fsp3) is 0.579. The van der Waals surface area contributed by atoms with Crippen LogP contribution in [0.15, 0.2) is 15.7 Å². The average molecular weight is 411 g/mol. The smallest absolute Gasteiger partial charge is 0.350 e. The topological polar surface area (TPSA) is 99.3 Å². The normalized spacial score (nSPS) is 21.9. The van der Waals surface area contributed by atoms with Gasteiger partial charge in [0.2, 0.25) is 0 Å². The Morgan fingerprint density at radius 3 is 2.38 bits per heavy atom. The van der Waals surface area contributed by atoms with E-state index >= 15 is 4.39 Å². The maximum atomic E-state index is 15.1. The van der Waals surface area contributed by atoms with E-state index in [1.165, 1.54) is 23.3 Å². The second-order valence-electron chi connectivity index (χ2n) is 8.80. The molecule has 29 heavy (non-hydrogen) atoms. The molecule has 1 aliphatic heterocycles. The number of nitrogens with two attached hydrogens (primary N) is 2. The van der Waals surface area contributed by atoms with Gasteiger partial charge in [-0.05, 0) is 39.7 Å². The first-order valence-electron chi connectivity index (χ1n) is 9.51. The molecule has 2 aromatic rings. The van der Waals surface area contributed by atoms with Crippen molar-refractivity contribution in [3.63, 3.8) is 0 Å². The fourth-order valence-electron chi connectivity index (χ4n) is 4.45. The van der Waals surface area contributed by atoms with Gasteiger partial charge in [0.15, 0.2) is 0 Å². The van der Waals surface area contributed by atoms with Crippen LogP contribution in [0.3, 0.4) is 0 Å². The summed E-state index contributed by atoms with van der Waals surface area (Å²) in [6, 6.07) is 0.842. The number of halogens is 3. The molecule has 7 nitrogen and oxygen atoms in total. The number of rotatable bonds is 3. The van der Waals surface area contributed by atoms with Gasteiger partial charge < -0.3 is 16.5 Å². The lowest BCUT2D eigenvalue weighted by Crippen LogP contribution is -2.49. The standard InChI is InChI=1S/C19H24F3N5O2/c1-9-14-11(16(28)27(24)17(29)26(14)10-4-5-10)6-12(20)15(9)25-7-13(18(2,3)23)19(21,22)8-25/h6,10,13H,4-5,7-8,23-24H2,1-3H3. The molecule has 0 spiro atoms. The lowest BCUT2D eigenvalue weighted by molar-refractivity contribution is -0.0432. The molecule has 1 saturated carbocycles. The van der Waals surface area contributed by atoms with Crippen molar-refractivity contribution in [2.45, 2.75) is 51.1 Å². The lowest BCUT2D eigenvalue weighted by Gasteiger charge is -2.30. The minimum Gasteiger partial charge on any atom is -0.362 e. The minimum absolute atomic E-state index is 0.0353. The minimum atomic E-state index is -3.11. The first kappa shape index (κ1) is 19.8. The van der Waals surface area contributed by atoms with E-state index in [9.17, 15) is 18.4 Å². The third-order valence-corrected chi connectivity index (χ3v) is 6.01. The van der Waals surface area contributed by atoms with Crippen molar-refractivity contribution in [3.8, 4) is 0 Å². The maximum absolute atomic E-state index is 15.1. The lowest BCUT2D eigenvalue weighted by atomic mass is 9.85. The van der Waals surface area contributed by atoms with E-state index < -0.39 is 41.0 Å². The van der Waals surface area contributed by atoms with Crippen molar-refractivity contribution < 1.29 is 13.2 Å². The molecule has 1 unspecified atom stereocenters. The summed E-state index contributed by atoms with van der Waals surface area (Å²) in [5.74, 6) is 0.513. The van der Waals surface area contributed by atoms with Crippen molar-refractivity contribution >= 4 is 16.6 Å². The highest BCUT2D eigenvalue weighted by atomic mass is 19.3. The van der Waals surface area contributed by atoms with Gasteiger partial charge in [-0.2, -0.15) is 4.68 Å². The summed E-state index contributed by atoms with van der Waals surface area (Å²) in [4.78, 5) is 26.3. The number of nitrogens with zero attached hydrogens (tertiary/aromatic N) is 3.